The number of rotatable bonds is 6. The molecule has 2 N–H and O–H groups in total. The minimum absolute atomic E-state index is 0. The van der Waals surface area contributed by atoms with Gasteiger partial charge in [-0.1, -0.05) is 26.0 Å². The maximum atomic E-state index is 12.0. The summed E-state index contributed by atoms with van der Waals surface area (Å²) < 4.78 is 25.3. The van der Waals surface area contributed by atoms with Crippen LogP contribution in [-0.4, -0.2) is 45.9 Å². The number of aliphatic imine (C=N–C) groups is 1. The van der Waals surface area contributed by atoms with Gasteiger partial charge in [0.25, 0.3) is 0 Å². The minimum Gasteiger partial charge on any atom is -0.354 e. The van der Waals surface area contributed by atoms with Crippen molar-refractivity contribution in [2.24, 2.45) is 10.9 Å². The lowest BCUT2D eigenvalue weighted by Crippen LogP contribution is -2.43. The third-order valence-corrected chi connectivity index (χ3v) is 5.58. The van der Waals surface area contributed by atoms with Crippen LogP contribution in [0.15, 0.2) is 34.2 Å². The second kappa shape index (κ2) is 10.2. The lowest BCUT2D eigenvalue weighted by Gasteiger charge is -2.20. The Bertz CT molecular complexity index is 628. The zero-order valence-corrected chi connectivity index (χ0v) is 18.3. The molecule has 0 amide bonds. The van der Waals surface area contributed by atoms with E-state index < -0.39 is 10.0 Å². The van der Waals surface area contributed by atoms with Gasteiger partial charge < -0.3 is 10.6 Å². The van der Waals surface area contributed by atoms with Gasteiger partial charge in [0, 0.05) is 33.7 Å². The van der Waals surface area contributed by atoms with Crippen LogP contribution in [-0.2, 0) is 16.6 Å². The van der Waals surface area contributed by atoms with Crippen molar-refractivity contribution >= 4 is 40.0 Å². The van der Waals surface area contributed by atoms with Gasteiger partial charge in [0.15, 0.2) is 5.96 Å². The quantitative estimate of drug-likeness (QED) is 0.382. The van der Waals surface area contributed by atoms with Crippen molar-refractivity contribution < 1.29 is 8.42 Å². The van der Waals surface area contributed by atoms with Crippen molar-refractivity contribution in [1.82, 2.24) is 14.9 Å². The number of hydrogen-bond acceptors (Lipinski definition) is 3. The Kier molecular flexibility index (Phi) is 9.83. The number of hydrogen-bond donors (Lipinski definition) is 2. The predicted molar refractivity (Wildman–Crippen MR) is 110 cm³/mol. The molecule has 0 fully saturated rings. The van der Waals surface area contributed by atoms with Gasteiger partial charge in [0.05, 0.1) is 4.90 Å². The highest BCUT2D eigenvalue weighted by Gasteiger charge is 2.16. The first-order valence-electron chi connectivity index (χ1n) is 7.67. The Morgan fingerprint density at radius 2 is 1.71 bits per heavy atom. The molecule has 0 aromatic heterocycles. The van der Waals surface area contributed by atoms with Crippen LogP contribution in [0.2, 0.25) is 0 Å². The van der Waals surface area contributed by atoms with Crippen LogP contribution in [0.5, 0.6) is 0 Å². The third-order valence-electron chi connectivity index (χ3n) is 3.75. The van der Waals surface area contributed by atoms with Gasteiger partial charge in [-0.3, -0.25) is 4.99 Å². The minimum atomic E-state index is -3.38. The lowest BCUT2D eigenvalue weighted by molar-refractivity contribution is 0.481. The van der Waals surface area contributed by atoms with E-state index in [-0.39, 0.29) is 24.0 Å². The summed E-state index contributed by atoms with van der Waals surface area (Å²) in [5.41, 5.74) is 0.989. The second-order valence-electron chi connectivity index (χ2n) is 6.03. The highest BCUT2D eigenvalue weighted by molar-refractivity contribution is 14.0. The number of nitrogens with one attached hydrogen (secondary N) is 2. The molecule has 138 valence electrons. The normalized spacial score (nSPS) is 13.6. The van der Waals surface area contributed by atoms with E-state index >= 15 is 0 Å². The summed E-state index contributed by atoms with van der Waals surface area (Å²) >= 11 is 0. The Morgan fingerprint density at radius 1 is 1.17 bits per heavy atom. The van der Waals surface area contributed by atoms with E-state index in [0.717, 1.165) is 11.5 Å². The summed E-state index contributed by atoms with van der Waals surface area (Å²) in [4.78, 5) is 4.49. The molecule has 1 rings (SSSR count). The van der Waals surface area contributed by atoms with Crippen LogP contribution in [0, 0.1) is 5.92 Å². The molecule has 0 aliphatic carbocycles. The summed E-state index contributed by atoms with van der Waals surface area (Å²) in [5, 5.41) is 6.55. The number of halogens is 1. The topological polar surface area (TPSA) is 73.8 Å². The van der Waals surface area contributed by atoms with Gasteiger partial charge in [0.2, 0.25) is 10.0 Å². The zero-order chi connectivity index (χ0) is 17.6. The average Bonchev–Trinajstić information content (AvgIpc) is 2.51. The van der Waals surface area contributed by atoms with E-state index in [1.54, 1.807) is 19.2 Å². The lowest BCUT2D eigenvalue weighted by atomic mass is 10.1. The fourth-order valence-corrected chi connectivity index (χ4v) is 2.65. The van der Waals surface area contributed by atoms with Crippen molar-refractivity contribution in [3.05, 3.63) is 29.8 Å². The first kappa shape index (κ1) is 23.1. The molecule has 1 unspecified atom stereocenters. The van der Waals surface area contributed by atoms with E-state index in [1.807, 2.05) is 12.1 Å². The van der Waals surface area contributed by atoms with Gasteiger partial charge in [-0.15, -0.1) is 24.0 Å². The Morgan fingerprint density at radius 3 is 2.12 bits per heavy atom. The Hall–Kier alpha value is -0.870. The van der Waals surface area contributed by atoms with Crippen LogP contribution in [0.3, 0.4) is 0 Å². The molecule has 1 aromatic carbocycles. The molecule has 0 saturated heterocycles. The molecule has 1 aromatic rings. The fraction of sp³-hybridized carbons (Fsp3) is 0.562. The van der Waals surface area contributed by atoms with Gasteiger partial charge in [-0.2, -0.15) is 0 Å². The highest BCUT2D eigenvalue weighted by atomic mass is 127. The molecule has 0 radical (unpaired) electrons. The molecule has 1 atom stereocenters. The Balaban J connectivity index is 0.00000529. The number of benzene rings is 1. The fourth-order valence-electron chi connectivity index (χ4n) is 1.75. The summed E-state index contributed by atoms with van der Waals surface area (Å²) in [6.07, 6.45) is 0. The zero-order valence-electron chi connectivity index (χ0n) is 15.2. The van der Waals surface area contributed by atoms with Crippen molar-refractivity contribution in [3.63, 3.8) is 0 Å². The molecule has 0 saturated carbocycles. The van der Waals surface area contributed by atoms with Crippen molar-refractivity contribution in [3.8, 4) is 0 Å². The number of nitrogens with zero attached hydrogens (tertiary/aromatic N) is 2. The van der Waals surface area contributed by atoms with Crippen molar-refractivity contribution in [1.29, 1.82) is 0 Å². The molecular formula is C16H29IN4O2S. The maximum absolute atomic E-state index is 12.0. The van der Waals surface area contributed by atoms with E-state index in [9.17, 15) is 8.42 Å². The smallest absolute Gasteiger partial charge is 0.242 e. The SMILES string of the molecule is CN=C(NCc1ccc(S(=O)(=O)N(C)C)cc1)NC(C)C(C)C.I. The molecular weight excluding hydrogens is 439 g/mol. The van der Waals surface area contributed by atoms with Crippen LogP contribution >= 0.6 is 24.0 Å². The summed E-state index contributed by atoms with van der Waals surface area (Å²) in [5.74, 6) is 1.24. The monoisotopic (exact) mass is 468 g/mol. The standard InChI is InChI=1S/C16H28N4O2S.HI/c1-12(2)13(3)19-16(17-4)18-11-14-7-9-15(10-8-14)23(21,22)20(5)6;/h7-10,12-13H,11H2,1-6H3,(H2,17,18,19);1H. The molecule has 6 nitrogen and oxygen atoms in total. The van der Waals surface area contributed by atoms with E-state index in [4.69, 9.17) is 0 Å². The first-order chi connectivity index (χ1) is 10.7. The van der Waals surface area contributed by atoms with E-state index in [2.05, 4.69) is 36.4 Å². The largest absolute Gasteiger partial charge is 0.354 e. The van der Waals surface area contributed by atoms with Crippen LogP contribution < -0.4 is 10.6 Å². The van der Waals surface area contributed by atoms with E-state index in [0.29, 0.717) is 23.4 Å². The molecule has 0 aliphatic heterocycles. The van der Waals surface area contributed by atoms with E-state index in [1.165, 1.54) is 18.4 Å². The number of sulfonamides is 1. The summed E-state index contributed by atoms with van der Waals surface area (Å²) in [6.45, 7) is 6.98. The average molecular weight is 468 g/mol. The van der Waals surface area contributed by atoms with Gasteiger partial charge in [-0.25, -0.2) is 12.7 Å². The van der Waals surface area contributed by atoms with Crippen LogP contribution in [0.1, 0.15) is 26.3 Å². The second-order valence-corrected chi connectivity index (χ2v) is 8.19. The van der Waals surface area contributed by atoms with Gasteiger partial charge in [-0.05, 0) is 30.5 Å². The highest BCUT2D eigenvalue weighted by Crippen LogP contribution is 2.13. The molecule has 24 heavy (non-hydrogen) atoms. The molecule has 0 heterocycles. The maximum Gasteiger partial charge on any atom is 0.242 e. The van der Waals surface area contributed by atoms with Crippen LogP contribution in [0.4, 0.5) is 0 Å². The van der Waals surface area contributed by atoms with Gasteiger partial charge >= 0.3 is 0 Å². The Labute approximate surface area is 163 Å². The van der Waals surface area contributed by atoms with Gasteiger partial charge in [0.1, 0.15) is 0 Å². The molecule has 0 spiro atoms. The van der Waals surface area contributed by atoms with Crippen molar-refractivity contribution in [2.45, 2.75) is 38.3 Å². The molecule has 0 bridgehead atoms. The number of guanidine groups is 1. The van der Waals surface area contributed by atoms with Crippen LogP contribution in [0.25, 0.3) is 0 Å². The predicted octanol–water partition coefficient (Wildman–Crippen LogP) is 2.26. The summed E-state index contributed by atoms with van der Waals surface area (Å²) in [6, 6.07) is 7.18. The molecule has 8 heteroatoms. The summed E-state index contributed by atoms with van der Waals surface area (Å²) in [7, 11) is 1.40. The van der Waals surface area contributed by atoms with Crippen molar-refractivity contribution in [2.75, 3.05) is 21.1 Å². The third kappa shape index (κ3) is 6.56. The first-order valence-corrected chi connectivity index (χ1v) is 9.11. The molecule has 0 aliphatic rings.